The van der Waals surface area contributed by atoms with E-state index in [2.05, 4.69) is 5.32 Å². The Labute approximate surface area is 192 Å². The van der Waals surface area contributed by atoms with Gasteiger partial charge < -0.3 is 20.0 Å². The highest BCUT2D eigenvalue weighted by Gasteiger charge is 2.36. The van der Waals surface area contributed by atoms with Crippen molar-refractivity contribution in [2.45, 2.75) is 32.9 Å². The zero-order valence-electron chi connectivity index (χ0n) is 18.3. The van der Waals surface area contributed by atoms with Crippen LogP contribution in [0.15, 0.2) is 42.5 Å². The van der Waals surface area contributed by atoms with Gasteiger partial charge in [-0.15, -0.1) is 0 Å². The molecule has 2 aliphatic rings. The fourth-order valence-electron chi connectivity index (χ4n) is 4.29. The molecule has 1 saturated heterocycles. The molecule has 0 aromatic heterocycles. The number of benzene rings is 2. The predicted octanol–water partition coefficient (Wildman–Crippen LogP) is 3.30. The second-order valence-corrected chi connectivity index (χ2v) is 8.75. The number of carbonyl (C=O) groups is 3. The van der Waals surface area contributed by atoms with E-state index in [0.29, 0.717) is 49.9 Å². The van der Waals surface area contributed by atoms with Crippen molar-refractivity contribution in [3.8, 4) is 0 Å². The molecule has 8 heteroatoms. The number of nitrogens with one attached hydrogen (secondary N) is 1. The van der Waals surface area contributed by atoms with E-state index in [1.807, 2.05) is 43.3 Å². The number of anilines is 1. The van der Waals surface area contributed by atoms with E-state index in [0.717, 1.165) is 16.7 Å². The number of hydrogen-bond donors (Lipinski definition) is 1. The van der Waals surface area contributed by atoms with Crippen LogP contribution in [0.2, 0.25) is 5.02 Å². The number of nitrogens with zero attached hydrogens (tertiary/aromatic N) is 3. The number of rotatable bonds is 2. The number of amides is 4. The molecule has 0 radical (unpaired) electrons. The van der Waals surface area contributed by atoms with Crippen LogP contribution in [0.3, 0.4) is 0 Å². The fourth-order valence-corrected chi connectivity index (χ4v) is 4.47. The average molecular weight is 455 g/mol. The van der Waals surface area contributed by atoms with Crippen LogP contribution < -0.4 is 5.32 Å². The molecule has 2 heterocycles. The van der Waals surface area contributed by atoms with Crippen LogP contribution in [0.1, 0.15) is 23.6 Å². The Morgan fingerprint density at radius 3 is 2.28 bits per heavy atom. The van der Waals surface area contributed by atoms with Crippen LogP contribution in [0.25, 0.3) is 0 Å². The zero-order chi connectivity index (χ0) is 22.8. The summed E-state index contributed by atoms with van der Waals surface area (Å²) in [5, 5.41) is 3.47. The first-order valence-electron chi connectivity index (χ1n) is 10.8. The van der Waals surface area contributed by atoms with Gasteiger partial charge in [-0.3, -0.25) is 9.59 Å². The maximum atomic E-state index is 13.3. The molecule has 0 aliphatic carbocycles. The van der Waals surface area contributed by atoms with Gasteiger partial charge in [0.25, 0.3) is 0 Å². The smallest absolute Gasteiger partial charge is 0.321 e. The molecule has 1 atom stereocenters. The van der Waals surface area contributed by atoms with Crippen molar-refractivity contribution in [2.24, 2.45) is 0 Å². The summed E-state index contributed by atoms with van der Waals surface area (Å²) in [5.41, 5.74) is 3.78. The van der Waals surface area contributed by atoms with Crippen LogP contribution in [0, 0.1) is 6.92 Å². The Morgan fingerprint density at radius 1 is 0.969 bits per heavy atom. The van der Waals surface area contributed by atoms with Crippen molar-refractivity contribution in [1.29, 1.82) is 0 Å². The summed E-state index contributed by atoms with van der Waals surface area (Å²) in [4.78, 5) is 43.3. The molecule has 32 heavy (non-hydrogen) atoms. The molecular formula is C24H27ClN4O3. The standard InChI is InChI=1S/C24H27ClN4O3/c1-16-7-8-20(14-21(16)25)26-24(32)28-11-9-27(10-12-28)23(31)22-13-18-5-3-4-6-19(18)15-29(22)17(2)30/h3-8,14,22H,9-13,15H2,1-2H3,(H,26,32). The van der Waals surface area contributed by atoms with Crippen molar-refractivity contribution in [3.05, 3.63) is 64.2 Å². The summed E-state index contributed by atoms with van der Waals surface area (Å²) in [6.45, 7) is 5.59. The van der Waals surface area contributed by atoms with Gasteiger partial charge in [0, 0.05) is 56.8 Å². The minimum Gasteiger partial charge on any atom is -0.337 e. The van der Waals surface area contributed by atoms with Crippen LogP contribution in [0.4, 0.5) is 10.5 Å². The van der Waals surface area contributed by atoms with E-state index in [1.165, 1.54) is 6.92 Å². The Bertz CT molecular complexity index is 1050. The van der Waals surface area contributed by atoms with Crippen LogP contribution >= 0.6 is 11.6 Å². The van der Waals surface area contributed by atoms with E-state index in [4.69, 9.17) is 11.6 Å². The first-order valence-corrected chi connectivity index (χ1v) is 11.2. The van der Waals surface area contributed by atoms with Gasteiger partial charge in [-0.1, -0.05) is 41.9 Å². The van der Waals surface area contributed by atoms with Crippen molar-refractivity contribution in [1.82, 2.24) is 14.7 Å². The second-order valence-electron chi connectivity index (χ2n) is 8.34. The summed E-state index contributed by atoms with van der Waals surface area (Å²) in [5.74, 6) is -0.160. The normalized spacial score (nSPS) is 18.2. The van der Waals surface area contributed by atoms with Crippen molar-refractivity contribution < 1.29 is 14.4 Å². The molecule has 0 spiro atoms. The van der Waals surface area contributed by atoms with Crippen molar-refractivity contribution >= 4 is 35.1 Å². The van der Waals surface area contributed by atoms with Gasteiger partial charge >= 0.3 is 6.03 Å². The Hall–Kier alpha value is -3.06. The van der Waals surface area contributed by atoms with Gasteiger partial charge in [0.15, 0.2) is 0 Å². The van der Waals surface area contributed by atoms with Crippen LogP contribution in [0.5, 0.6) is 0 Å². The maximum absolute atomic E-state index is 13.3. The largest absolute Gasteiger partial charge is 0.337 e. The van der Waals surface area contributed by atoms with E-state index >= 15 is 0 Å². The first-order chi connectivity index (χ1) is 15.3. The molecule has 2 aromatic rings. The van der Waals surface area contributed by atoms with Gasteiger partial charge in [0.2, 0.25) is 11.8 Å². The number of fused-ring (bicyclic) bond motifs is 1. The van der Waals surface area contributed by atoms with Gasteiger partial charge in [0.05, 0.1) is 0 Å². The Kier molecular flexibility index (Phi) is 6.37. The molecule has 2 aromatic carbocycles. The lowest BCUT2D eigenvalue weighted by Crippen LogP contribution is -2.58. The Morgan fingerprint density at radius 2 is 1.62 bits per heavy atom. The van der Waals surface area contributed by atoms with Gasteiger partial charge in [-0.05, 0) is 35.7 Å². The zero-order valence-corrected chi connectivity index (χ0v) is 19.1. The molecule has 4 rings (SSSR count). The van der Waals surface area contributed by atoms with Crippen LogP contribution in [-0.2, 0) is 22.6 Å². The highest BCUT2D eigenvalue weighted by atomic mass is 35.5. The molecule has 168 valence electrons. The monoisotopic (exact) mass is 454 g/mol. The molecule has 2 aliphatic heterocycles. The molecule has 1 N–H and O–H groups in total. The lowest BCUT2D eigenvalue weighted by atomic mass is 9.93. The lowest BCUT2D eigenvalue weighted by molar-refractivity contribution is -0.146. The maximum Gasteiger partial charge on any atom is 0.321 e. The molecule has 4 amide bonds. The third-order valence-electron chi connectivity index (χ3n) is 6.24. The van der Waals surface area contributed by atoms with Crippen molar-refractivity contribution in [2.75, 3.05) is 31.5 Å². The van der Waals surface area contributed by atoms with E-state index in [9.17, 15) is 14.4 Å². The molecule has 0 bridgehead atoms. The second kappa shape index (κ2) is 9.20. The highest BCUT2D eigenvalue weighted by Crippen LogP contribution is 2.25. The minimum absolute atomic E-state index is 0.0555. The first kappa shape index (κ1) is 22.1. The van der Waals surface area contributed by atoms with E-state index in [1.54, 1.807) is 20.8 Å². The molecular weight excluding hydrogens is 428 g/mol. The summed E-state index contributed by atoms with van der Waals surface area (Å²) >= 11 is 6.14. The quantitative estimate of drug-likeness (QED) is 0.756. The number of carbonyl (C=O) groups excluding carboxylic acids is 3. The molecule has 1 unspecified atom stereocenters. The Balaban J connectivity index is 1.38. The summed E-state index contributed by atoms with van der Waals surface area (Å²) < 4.78 is 0. The third kappa shape index (κ3) is 4.58. The fraction of sp³-hybridized carbons (Fsp3) is 0.375. The minimum atomic E-state index is -0.502. The van der Waals surface area contributed by atoms with Gasteiger partial charge in [-0.2, -0.15) is 0 Å². The highest BCUT2D eigenvalue weighted by molar-refractivity contribution is 6.31. The molecule has 0 saturated carbocycles. The topological polar surface area (TPSA) is 73.0 Å². The van der Waals surface area contributed by atoms with E-state index < -0.39 is 6.04 Å². The SMILES string of the molecule is CC(=O)N1Cc2ccccc2CC1C(=O)N1CCN(C(=O)Nc2ccc(C)c(Cl)c2)CC1. The van der Waals surface area contributed by atoms with E-state index in [-0.39, 0.29) is 17.8 Å². The van der Waals surface area contributed by atoms with Crippen molar-refractivity contribution in [3.63, 3.8) is 0 Å². The summed E-state index contributed by atoms with van der Waals surface area (Å²) in [6, 6.07) is 12.6. The van der Waals surface area contributed by atoms with Crippen LogP contribution in [-0.4, -0.2) is 64.8 Å². The summed E-state index contributed by atoms with van der Waals surface area (Å²) in [7, 11) is 0. The molecule has 1 fully saturated rings. The number of halogens is 1. The number of hydrogen-bond acceptors (Lipinski definition) is 3. The number of aryl methyl sites for hydroxylation is 1. The average Bonchev–Trinajstić information content (AvgIpc) is 2.80. The van der Waals surface area contributed by atoms with Gasteiger partial charge in [-0.25, -0.2) is 4.79 Å². The summed E-state index contributed by atoms with van der Waals surface area (Å²) in [6.07, 6.45) is 0.517. The lowest BCUT2D eigenvalue weighted by Gasteiger charge is -2.41. The number of piperazine rings is 1. The molecule has 7 nitrogen and oxygen atoms in total. The number of urea groups is 1. The predicted molar refractivity (Wildman–Crippen MR) is 124 cm³/mol. The van der Waals surface area contributed by atoms with Gasteiger partial charge in [0.1, 0.15) is 6.04 Å². The third-order valence-corrected chi connectivity index (χ3v) is 6.65.